The third-order valence-electron chi connectivity index (χ3n) is 7.96. The Morgan fingerprint density at radius 1 is 0.865 bits per heavy atom. The second-order valence-electron chi connectivity index (χ2n) is 11.3. The Kier molecular flexibility index (Phi) is 15.4. The van der Waals surface area contributed by atoms with Gasteiger partial charge in [0.1, 0.15) is 0 Å². The van der Waals surface area contributed by atoms with E-state index in [-0.39, 0.29) is 0 Å². The Morgan fingerprint density at radius 3 is 1.81 bits per heavy atom. The summed E-state index contributed by atoms with van der Waals surface area (Å²) >= 11 is 6.80. The maximum absolute atomic E-state index is 4.56. The molecule has 6 nitrogen and oxygen atoms in total. The van der Waals surface area contributed by atoms with Gasteiger partial charge in [-0.15, -0.1) is 26.5 Å². The first-order chi connectivity index (χ1) is 17.7. The van der Waals surface area contributed by atoms with Crippen LogP contribution in [0.3, 0.4) is 0 Å². The van der Waals surface area contributed by atoms with Gasteiger partial charge in [-0.05, 0) is 55.3 Å². The Morgan fingerprint density at radius 2 is 1.32 bits per heavy atom. The second kappa shape index (κ2) is 17.4. The van der Waals surface area contributed by atoms with Gasteiger partial charge in [-0.1, -0.05) is 59.6 Å². The molecule has 6 atom stereocenters. The van der Waals surface area contributed by atoms with Gasteiger partial charge in [-0.25, -0.2) is 10.2 Å². The van der Waals surface area contributed by atoms with E-state index < -0.39 is 0 Å². The predicted molar refractivity (Wildman–Crippen MR) is 162 cm³/mol. The molecule has 4 aliphatic rings. The van der Waals surface area contributed by atoms with Gasteiger partial charge in [-0.2, -0.15) is 0 Å². The Hall–Kier alpha value is -0.358. The van der Waals surface area contributed by atoms with Gasteiger partial charge in [-0.3, -0.25) is 0 Å². The summed E-state index contributed by atoms with van der Waals surface area (Å²) < 4.78 is 0. The van der Waals surface area contributed by atoms with Crippen molar-refractivity contribution in [1.29, 1.82) is 0 Å². The van der Waals surface area contributed by atoms with Crippen LogP contribution in [-0.2, 0) is 13.9 Å². The molecule has 37 heavy (non-hydrogen) atoms. The van der Waals surface area contributed by atoms with E-state index in [0.29, 0.717) is 26.0 Å². The van der Waals surface area contributed by atoms with Crippen LogP contribution in [0.15, 0.2) is 35.5 Å². The van der Waals surface area contributed by atoms with Crippen molar-refractivity contribution in [3.8, 4) is 0 Å². The topological polar surface area (TPSA) is 37.7 Å². The summed E-state index contributed by atoms with van der Waals surface area (Å²) in [4.78, 5) is 4.18. The summed E-state index contributed by atoms with van der Waals surface area (Å²) in [6.07, 6.45) is 15.5. The molecule has 0 N–H and O–H groups in total. The van der Waals surface area contributed by atoms with Crippen LogP contribution in [0.4, 0.5) is 0 Å². The molecular weight excluding hydrogens is 687 g/mol. The van der Waals surface area contributed by atoms with Crippen molar-refractivity contribution >= 4 is 39.5 Å². The van der Waals surface area contributed by atoms with Gasteiger partial charge in [0.2, 0.25) is 0 Å². The molecule has 0 radical (unpaired) electrons. The molecule has 0 amide bonds. The quantitative estimate of drug-likeness (QED) is 0.153. The Bertz CT molecular complexity index is 735. The van der Waals surface area contributed by atoms with Crippen molar-refractivity contribution in [2.75, 3.05) is 13.1 Å². The van der Waals surface area contributed by atoms with E-state index in [2.05, 4.69) is 118 Å². The van der Waals surface area contributed by atoms with Crippen LogP contribution in [0, 0.1) is 42.9 Å². The molecule has 2 heterocycles. The molecule has 2 fully saturated rings. The van der Waals surface area contributed by atoms with E-state index in [0.717, 1.165) is 42.7 Å². The summed E-state index contributed by atoms with van der Waals surface area (Å²) in [5, 5.41) is 13.4. The molecule has 9 heteroatoms. The molecule has 0 aromatic heterocycles. The van der Waals surface area contributed by atoms with E-state index in [1.54, 1.807) is 0 Å². The van der Waals surface area contributed by atoms with Crippen LogP contribution < -0.4 is 0 Å². The van der Waals surface area contributed by atoms with Gasteiger partial charge < -0.3 is 19.8 Å². The van der Waals surface area contributed by atoms with Crippen molar-refractivity contribution in [1.82, 2.24) is 19.8 Å². The zero-order valence-corrected chi connectivity index (χ0v) is 28.1. The average molecular weight is 735 g/mol. The van der Waals surface area contributed by atoms with Crippen molar-refractivity contribution < 1.29 is 13.9 Å². The zero-order valence-electron chi connectivity index (χ0n) is 23.3. The van der Waals surface area contributed by atoms with Crippen molar-refractivity contribution in [3.05, 3.63) is 38.6 Å². The molecule has 0 spiro atoms. The molecule has 4 rings (SSSR count). The second-order valence-corrected chi connectivity index (χ2v) is 18.5. The molecular formula is C28H48Br2N6Pd-2. The molecule has 0 aromatic rings. The normalized spacial score (nSPS) is 31.2. The molecule has 0 saturated heterocycles. The van der Waals surface area contributed by atoms with Gasteiger partial charge in [0, 0.05) is 25.2 Å². The molecule has 2 saturated carbocycles. The van der Waals surface area contributed by atoms with Gasteiger partial charge >= 0.3 is 40.8 Å². The summed E-state index contributed by atoms with van der Waals surface area (Å²) in [5.41, 5.74) is 0. The molecule has 2 aliphatic heterocycles. The van der Waals surface area contributed by atoms with E-state index in [4.69, 9.17) is 0 Å². The third kappa shape index (κ3) is 10.6. The van der Waals surface area contributed by atoms with Gasteiger partial charge in [0.25, 0.3) is 0 Å². The number of halogens is 2. The molecule has 0 aromatic carbocycles. The Balaban J connectivity index is 0.000000237. The summed E-state index contributed by atoms with van der Waals surface area (Å²) in [6.45, 7) is 25.2. The fourth-order valence-corrected chi connectivity index (χ4v) is 5.83. The van der Waals surface area contributed by atoms with E-state index in [1.165, 1.54) is 38.5 Å². The molecule has 216 valence electrons. The Labute approximate surface area is 248 Å². The number of rotatable bonds is 7. The monoisotopic (exact) mass is 732 g/mol. The number of nitrogens with zero attached hydrogens (tertiary/aromatic N) is 6. The fraction of sp³-hybridized carbons (Fsp3) is 0.714. The predicted octanol–water partition coefficient (Wildman–Crippen LogP) is 7.68. The minimum atomic E-state index is 0.569. The van der Waals surface area contributed by atoms with Crippen molar-refractivity contribution in [2.24, 2.45) is 39.8 Å². The van der Waals surface area contributed by atoms with Crippen molar-refractivity contribution in [2.45, 2.75) is 85.2 Å². The SMILES string of the molecule is C=CCN1C=NN([C@@H]2C[C@@H](C)CC[C@@H]2C(C)C)[CH-]1.C=CCN1C=NN([C@@H]2C[C@@H](C)CC[C@@H]2C)[CH-]1.[Br][Pd][Br]. The summed E-state index contributed by atoms with van der Waals surface area (Å²) in [5.74, 6) is 3.89. The number of hydrazone groups is 2. The molecule has 2 aliphatic carbocycles. The van der Waals surface area contributed by atoms with Crippen LogP contribution in [0.25, 0.3) is 0 Å². The first kappa shape index (κ1) is 32.9. The third-order valence-corrected chi connectivity index (χ3v) is 7.96. The number of hydrogen-bond acceptors (Lipinski definition) is 6. The average Bonchev–Trinajstić information content (AvgIpc) is 3.52. The minimum absolute atomic E-state index is 0.569. The van der Waals surface area contributed by atoms with Gasteiger partial charge in [0.05, 0.1) is 12.7 Å². The van der Waals surface area contributed by atoms with E-state index >= 15 is 0 Å². The standard InChI is InChI=1S/C15H26N3.C13H22N3.2BrH.Pd/c1-5-8-17-10-16-18(11-17)15-9-13(4)6-7-14(15)12(2)3;1-4-7-15-9-14-16(10-15)13-8-11(2)5-6-12(13)3;;;/h5,10-15H,1,6-9H2,2-4H3;4,9-13H,1,5-8H2,2-3H3;2*1H;/q2*-1;;;+2/p-2/t13-,14+,15+;11-,12-,13+;;;/m00.../s1. The first-order valence-electron chi connectivity index (χ1n) is 13.6. The number of hydrogen-bond donors (Lipinski definition) is 0. The first-order valence-corrected chi connectivity index (χ1v) is 20.7. The van der Waals surface area contributed by atoms with Crippen LogP contribution in [-0.4, -0.2) is 57.7 Å². The fourth-order valence-electron chi connectivity index (χ4n) is 5.83. The van der Waals surface area contributed by atoms with E-state index in [1.807, 2.05) is 24.8 Å². The van der Waals surface area contributed by atoms with Crippen molar-refractivity contribution in [3.63, 3.8) is 0 Å². The van der Waals surface area contributed by atoms with Gasteiger partial charge in [0.15, 0.2) is 0 Å². The van der Waals surface area contributed by atoms with Crippen LogP contribution in [0.2, 0.25) is 0 Å². The maximum atomic E-state index is 4.56. The zero-order chi connectivity index (χ0) is 27.4. The summed E-state index contributed by atoms with van der Waals surface area (Å²) in [6, 6.07) is 1.15. The van der Waals surface area contributed by atoms with E-state index in [9.17, 15) is 0 Å². The van der Waals surface area contributed by atoms with Crippen LogP contribution in [0.5, 0.6) is 0 Å². The summed E-state index contributed by atoms with van der Waals surface area (Å²) in [7, 11) is 0. The molecule has 0 unspecified atom stereocenters. The van der Waals surface area contributed by atoms with Crippen LogP contribution >= 0.6 is 26.9 Å². The van der Waals surface area contributed by atoms with Crippen LogP contribution in [0.1, 0.15) is 73.1 Å². The molecule has 0 bridgehead atoms.